The molecule has 96 valence electrons. The molecule has 5 heteroatoms. The fourth-order valence-electron chi connectivity index (χ4n) is 2.13. The molecule has 4 nitrogen and oxygen atoms in total. The lowest BCUT2D eigenvalue weighted by Gasteiger charge is -2.09. The van der Waals surface area contributed by atoms with E-state index in [1.165, 1.54) is 5.56 Å². The molecule has 0 aliphatic heterocycles. The Morgan fingerprint density at radius 1 is 1.32 bits per heavy atom. The number of nitrogens with two attached hydrogens (primary N) is 1. The van der Waals surface area contributed by atoms with E-state index >= 15 is 0 Å². The van der Waals surface area contributed by atoms with Crippen molar-refractivity contribution in [2.45, 2.75) is 13.5 Å². The molecular formula is C14H13BrN4. The van der Waals surface area contributed by atoms with Gasteiger partial charge in [0.05, 0.1) is 17.6 Å². The molecule has 3 aromatic rings. The third-order valence-corrected chi connectivity index (χ3v) is 3.70. The number of hydrogen-bond donors (Lipinski definition) is 1. The highest BCUT2D eigenvalue weighted by Crippen LogP contribution is 2.23. The minimum atomic E-state index is 0.532. The van der Waals surface area contributed by atoms with Gasteiger partial charge in [-0.1, -0.05) is 15.9 Å². The Kier molecular flexibility index (Phi) is 2.98. The van der Waals surface area contributed by atoms with E-state index in [9.17, 15) is 0 Å². The molecule has 2 N–H and O–H groups in total. The Hall–Kier alpha value is -1.88. The van der Waals surface area contributed by atoms with Crippen LogP contribution in [0.4, 0.5) is 5.95 Å². The predicted molar refractivity (Wildman–Crippen MR) is 79.9 cm³/mol. The molecule has 0 amide bonds. The summed E-state index contributed by atoms with van der Waals surface area (Å²) in [5.41, 5.74) is 10.3. The number of halogens is 1. The molecule has 2 aromatic heterocycles. The van der Waals surface area contributed by atoms with Gasteiger partial charge in [-0.25, -0.2) is 4.98 Å². The molecule has 0 radical (unpaired) electrons. The lowest BCUT2D eigenvalue weighted by molar-refractivity contribution is 0.829. The van der Waals surface area contributed by atoms with Gasteiger partial charge in [0.25, 0.3) is 0 Å². The van der Waals surface area contributed by atoms with E-state index in [1.54, 1.807) is 6.20 Å². The average Bonchev–Trinajstić information content (AvgIpc) is 2.69. The maximum Gasteiger partial charge on any atom is 0.201 e. The van der Waals surface area contributed by atoms with Crippen molar-refractivity contribution in [1.29, 1.82) is 0 Å². The van der Waals surface area contributed by atoms with Crippen molar-refractivity contribution in [3.63, 3.8) is 0 Å². The summed E-state index contributed by atoms with van der Waals surface area (Å²) in [5, 5.41) is 0. The van der Waals surface area contributed by atoms with Crippen LogP contribution in [-0.2, 0) is 6.54 Å². The number of rotatable bonds is 2. The number of pyridine rings is 1. The fraction of sp³-hybridized carbons (Fsp3) is 0.143. The van der Waals surface area contributed by atoms with Crippen molar-refractivity contribution in [2.24, 2.45) is 0 Å². The van der Waals surface area contributed by atoms with E-state index in [0.717, 1.165) is 21.1 Å². The number of hydrogen-bond acceptors (Lipinski definition) is 3. The zero-order chi connectivity index (χ0) is 13.4. The quantitative estimate of drug-likeness (QED) is 0.790. The monoisotopic (exact) mass is 316 g/mol. The Labute approximate surface area is 119 Å². The van der Waals surface area contributed by atoms with Gasteiger partial charge < -0.3 is 10.3 Å². The maximum atomic E-state index is 6.02. The Morgan fingerprint density at radius 2 is 2.16 bits per heavy atom. The van der Waals surface area contributed by atoms with Crippen LogP contribution in [0.15, 0.2) is 41.1 Å². The van der Waals surface area contributed by atoms with E-state index in [0.29, 0.717) is 12.5 Å². The molecule has 0 fully saturated rings. The molecule has 0 aliphatic rings. The first-order valence-electron chi connectivity index (χ1n) is 5.96. The van der Waals surface area contributed by atoms with Crippen molar-refractivity contribution < 1.29 is 0 Å². The SMILES string of the molecule is Cc1cnccc1Cn1c(N)nc2ccc(Br)cc21. The van der Waals surface area contributed by atoms with Gasteiger partial charge in [-0.2, -0.15) is 0 Å². The van der Waals surface area contributed by atoms with E-state index in [4.69, 9.17) is 5.73 Å². The second-order valence-electron chi connectivity index (χ2n) is 4.49. The lowest BCUT2D eigenvalue weighted by atomic mass is 10.1. The molecule has 19 heavy (non-hydrogen) atoms. The average molecular weight is 317 g/mol. The molecule has 0 aliphatic carbocycles. The van der Waals surface area contributed by atoms with Crippen molar-refractivity contribution in [3.05, 3.63) is 52.3 Å². The molecule has 0 saturated carbocycles. The van der Waals surface area contributed by atoms with E-state index in [1.807, 2.05) is 42.0 Å². The zero-order valence-electron chi connectivity index (χ0n) is 10.5. The number of benzene rings is 1. The van der Waals surface area contributed by atoms with Crippen LogP contribution in [0.1, 0.15) is 11.1 Å². The van der Waals surface area contributed by atoms with Gasteiger partial charge >= 0.3 is 0 Å². The van der Waals surface area contributed by atoms with Gasteiger partial charge in [-0.15, -0.1) is 0 Å². The number of nitrogen functional groups attached to an aromatic ring is 1. The Morgan fingerprint density at radius 3 is 2.95 bits per heavy atom. The summed E-state index contributed by atoms with van der Waals surface area (Å²) in [5.74, 6) is 0.532. The second kappa shape index (κ2) is 4.66. The first-order chi connectivity index (χ1) is 9.15. The Balaban J connectivity index is 2.12. The summed E-state index contributed by atoms with van der Waals surface area (Å²) in [6, 6.07) is 7.98. The number of anilines is 1. The minimum Gasteiger partial charge on any atom is -0.369 e. The van der Waals surface area contributed by atoms with Crippen LogP contribution in [0.3, 0.4) is 0 Å². The molecular weight excluding hydrogens is 304 g/mol. The molecule has 3 rings (SSSR count). The topological polar surface area (TPSA) is 56.7 Å². The third kappa shape index (κ3) is 2.21. The van der Waals surface area contributed by atoms with Gasteiger partial charge in [0.15, 0.2) is 0 Å². The summed E-state index contributed by atoms with van der Waals surface area (Å²) in [6.45, 7) is 2.75. The van der Waals surface area contributed by atoms with Crippen LogP contribution in [0.2, 0.25) is 0 Å². The Bertz CT molecular complexity index is 748. The molecule has 0 spiro atoms. The maximum absolute atomic E-state index is 6.02. The van der Waals surface area contributed by atoms with Gasteiger partial charge in [-0.05, 0) is 42.3 Å². The van der Waals surface area contributed by atoms with Crippen LogP contribution < -0.4 is 5.73 Å². The largest absolute Gasteiger partial charge is 0.369 e. The van der Waals surface area contributed by atoms with E-state index in [-0.39, 0.29) is 0 Å². The zero-order valence-corrected chi connectivity index (χ0v) is 12.1. The van der Waals surface area contributed by atoms with Crippen molar-refractivity contribution in [2.75, 3.05) is 5.73 Å². The summed E-state index contributed by atoms with van der Waals surface area (Å²) in [7, 11) is 0. The number of aryl methyl sites for hydroxylation is 1. The number of nitrogens with zero attached hydrogens (tertiary/aromatic N) is 3. The summed E-state index contributed by atoms with van der Waals surface area (Å²) >= 11 is 3.48. The van der Waals surface area contributed by atoms with Crippen LogP contribution in [-0.4, -0.2) is 14.5 Å². The fourth-order valence-corrected chi connectivity index (χ4v) is 2.48. The molecule has 2 heterocycles. The molecule has 0 bridgehead atoms. The number of fused-ring (bicyclic) bond motifs is 1. The molecule has 0 atom stereocenters. The van der Waals surface area contributed by atoms with Crippen molar-refractivity contribution >= 4 is 32.9 Å². The standard InChI is InChI=1S/C14H13BrN4/c1-9-7-17-5-4-10(9)8-19-13-6-11(15)2-3-12(13)18-14(19)16/h2-7H,8H2,1H3,(H2,16,18). The van der Waals surface area contributed by atoms with Crippen LogP contribution in [0, 0.1) is 6.92 Å². The summed E-state index contributed by atoms with van der Waals surface area (Å²) in [6.07, 6.45) is 3.66. The lowest BCUT2D eigenvalue weighted by Crippen LogP contribution is -2.05. The minimum absolute atomic E-state index is 0.532. The van der Waals surface area contributed by atoms with E-state index < -0.39 is 0 Å². The van der Waals surface area contributed by atoms with Crippen LogP contribution >= 0.6 is 15.9 Å². The van der Waals surface area contributed by atoms with Crippen molar-refractivity contribution in [3.8, 4) is 0 Å². The van der Waals surface area contributed by atoms with Crippen LogP contribution in [0.5, 0.6) is 0 Å². The molecule has 0 unspecified atom stereocenters. The second-order valence-corrected chi connectivity index (χ2v) is 5.41. The van der Waals surface area contributed by atoms with Gasteiger partial charge in [0, 0.05) is 16.9 Å². The number of aromatic nitrogens is 3. The van der Waals surface area contributed by atoms with Crippen LogP contribution in [0.25, 0.3) is 11.0 Å². The van der Waals surface area contributed by atoms with Gasteiger partial charge in [0.1, 0.15) is 0 Å². The normalized spacial score (nSPS) is 11.1. The highest BCUT2D eigenvalue weighted by molar-refractivity contribution is 9.10. The predicted octanol–water partition coefficient (Wildman–Crippen LogP) is 3.13. The first kappa shape index (κ1) is 12.2. The highest BCUT2D eigenvalue weighted by atomic mass is 79.9. The molecule has 0 saturated heterocycles. The summed E-state index contributed by atoms with van der Waals surface area (Å²) in [4.78, 5) is 8.49. The first-order valence-corrected chi connectivity index (χ1v) is 6.75. The molecule has 1 aromatic carbocycles. The van der Waals surface area contributed by atoms with E-state index in [2.05, 4.69) is 25.9 Å². The smallest absolute Gasteiger partial charge is 0.201 e. The van der Waals surface area contributed by atoms with Crippen molar-refractivity contribution in [1.82, 2.24) is 14.5 Å². The third-order valence-electron chi connectivity index (χ3n) is 3.20. The highest BCUT2D eigenvalue weighted by Gasteiger charge is 2.09. The van der Waals surface area contributed by atoms with Gasteiger partial charge in [-0.3, -0.25) is 4.98 Å². The summed E-state index contributed by atoms with van der Waals surface area (Å²) < 4.78 is 3.04. The van der Waals surface area contributed by atoms with Gasteiger partial charge in [0.2, 0.25) is 5.95 Å². The number of imidazole rings is 1.